The van der Waals surface area contributed by atoms with Crippen molar-refractivity contribution in [3.8, 4) is 0 Å². The Hall–Kier alpha value is 1.82. The van der Waals surface area contributed by atoms with E-state index in [0.717, 1.165) is 0 Å². The molecule has 0 N–H and O–H groups in total. The van der Waals surface area contributed by atoms with Crippen molar-refractivity contribution in [2.45, 2.75) is 3.69 Å². The predicted octanol–water partition coefficient (Wildman–Crippen LogP) is 0.945. The van der Waals surface area contributed by atoms with Gasteiger partial charge in [-0.25, -0.2) is 0 Å². The van der Waals surface area contributed by atoms with E-state index in [1.165, 1.54) is 7.85 Å². The molecule has 0 fully saturated rings. The molecular formula is CH2BCl3Zr. The third kappa shape index (κ3) is 40.9. The molecule has 0 saturated heterocycles. The van der Waals surface area contributed by atoms with E-state index in [9.17, 15) is 0 Å². The smallest absolute Gasteiger partial charge is 0.0948 e. The minimum atomic E-state index is -1.08. The molecule has 0 spiro atoms. The molecule has 0 aliphatic heterocycles. The third-order valence-corrected chi connectivity index (χ3v) is 0. The van der Waals surface area contributed by atoms with Crippen LogP contribution < -0.4 is 0 Å². The van der Waals surface area contributed by atoms with Gasteiger partial charge in [0.25, 0.3) is 0 Å². The van der Waals surface area contributed by atoms with Gasteiger partial charge in [0.2, 0.25) is 0 Å². The van der Waals surface area contributed by atoms with Crippen molar-refractivity contribution < 1.29 is 26.2 Å². The summed E-state index contributed by atoms with van der Waals surface area (Å²) in [6.07, 6.45) is 0. The maximum atomic E-state index is 5.06. The fraction of sp³-hybridized carbons (Fsp3) is 1.00. The van der Waals surface area contributed by atoms with Crippen molar-refractivity contribution in [3.05, 3.63) is 0 Å². The molecule has 0 saturated carbocycles. The van der Waals surface area contributed by atoms with Gasteiger partial charge in [0, 0.05) is 26.2 Å². The fourth-order valence-corrected chi connectivity index (χ4v) is 0. The molecule has 0 heterocycles. The standard InChI is InChI=1S/CH2BCl3.Zr/c2-1(3,4)5;/h2H2;. The zero-order valence-corrected chi connectivity index (χ0v) is 7.86. The van der Waals surface area contributed by atoms with Gasteiger partial charge in [0.05, 0.1) is 0 Å². The summed E-state index contributed by atoms with van der Waals surface area (Å²) in [5, 5.41) is 0. The molecule has 0 amide bonds. The second kappa shape index (κ2) is 3.78. The molecule has 0 atom stereocenters. The molecule has 0 radical (unpaired) electrons. The Morgan fingerprint density at radius 3 is 1.17 bits per heavy atom. The molecule has 0 aromatic carbocycles. The first-order valence-electron chi connectivity index (χ1n) is 1.07. The minimum Gasteiger partial charge on any atom is -0.0948 e. The molecule has 0 bridgehead atoms. The van der Waals surface area contributed by atoms with Gasteiger partial charge in [-0.3, -0.25) is 0 Å². The number of alkyl halides is 3. The summed E-state index contributed by atoms with van der Waals surface area (Å²) in [6.45, 7) is 0. The quantitative estimate of drug-likeness (QED) is 0.423. The average Bonchev–Trinajstić information content (AvgIpc) is 0.722. The minimum absolute atomic E-state index is 0. The number of hydrogen-bond donors (Lipinski definition) is 0. The van der Waals surface area contributed by atoms with Crippen molar-refractivity contribution in [1.29, 1.82) is 0 Å². The van der Waals surface area contributed by atoms with E-state index in [4.69, 9.17) is 34.8 Å². The zero-order valence-electron chi connectivity index (χ0n) is 3.13. The Labute approximate surface area is 72.0 Å². The van der Waals surface area contributed by atoms with Crippen LogP contribution in [0.15, 0.2) is 0 Å². The van der Waals surface area contributed by atoms with Crippen LogP contribution in [-0.4, -0.2) is 11.5 Å². The summed E-state index contributed by atoms with van der Waals surface area (Å²) in [5.74, 6) is 0. The maximum absolute atomic E-state index is 5.06. The maximum Gasteiger partial charge on any atom is 0.168 e. The molecular weight excluding hydrogens is 220 g/mol. The van der Waals surface area contributed by atoms with Crippen LogP contribution in [-0.2, 0) is 26.2 Å². The van der Waals surface area contributed by atoms with Gasteiger partial charge in [0.15, 0.2) is 11.5 Å². The molecule has 0 aromatic rings. The van der Waals surface area contributed by atoms with E-state index in [2.05, 4.69) is 0 Å². The van der Waals surface area contributed by atoms with Crippen LogP contribution >= 0.6 is 34.8 Å². The van der Waals surface area contributed by atoms with Crippen molar-refractivity contribution >= 4 is 42.6 Å². The van der Waals surface area contributed by atoms with E-state index in [1.807, 2.05) is 0 Å². The van der Waals surface area contributed by atoms with Crippen molar-refractivity contribution in [1.82, 2.24) is 0 Å². The normalized spacial score (nSPS) is 9.83. The average molecular weight is 222 g/mol. The van der Waals surface area contributed by atoms with Crippen LogP contribution in [0, 0.1) is 0 Å². The Kier molecular flexibility index (Phi) is 6.76. The second-order valence-electron chi connectivity index (χ2n) is 0.781. The molecule has 34 valence electrons. The Morgan fingerprint density at radius 1 is 1.17 bits per heavy atom. The molecule has 0 rings (SSSR count). The van der Waals surface area contributed by atoms with E-state index >= 15 is 0 Å². The van der Waals surface area contributed by atoms with Crippen LogP contribution in [0.1, 0.15) is 0 Å². The van der Waals surface area contributed by atoms with Crippen molar-refractivity contribution in [3.63, 3.8) is 0 Å². The summed E-state index contributed by atoms with van der Waals surface area (Å²) in [4.78, 5) is 0. The van der Waals surface area contributed by atoms with Gasteiger partial charge >= 0.3 is 0 Å². The van der Waals surface area contributed by atoms with Gasteiger partial charge in [-0.05, 0) is 0 Å². The van der Waals surface area contributed by atoms with E-state index in [0.29, 0.717) is 0 Å². The topological polar surface area (TPSA) is 0 Å². The molecule has 0 aliphatic rings. The molecule has 0 aliphatic carbocycles. The van der Waals surface area contributed by atoms with Crippen LogP contribution in [0.3, 0.4) is 0 Å². The van der Waals surface area contributed by atoms with Crippen molar-refractivity contribution in [2.75, 3.05) is 0 Å². The largest absolute Gasteiger partial charge is 0.168 e. The zero-order chi connectivity index (χ0) is 4.50. The molecule has 0 unspecified atom stereocenters. The molecule has 6 heavy (non-hydrogen) atoms. The van der Waals surface area contributed by atoms with Gasteiger partial charge in [0.1, 0.15) is 0 Å². The Morgan fingerprint density at radius 2 is 1.17 bits per heavy atom. The first kappa shape index (κ1) is 10.7. The van der Waals surface area contributed by atoms with E-state index in [1.54, 1.807) is 0 Å². The molecule has 0 nitrogen and oxygen atoms in total. The first-order valence-corrected chi connectivity index (χ1v) is 2.20. The molecule has 5 heteroatoms. The SMILES string of the molecule is BC(Cl)(Cl)Cl.[Zr]. The van der Waals surface area contributed by atoms with Gasteiger partial charge in [-0.15, -0.1) is 0 Å². The molecule has 0 aromatic heterocycles. The van der Waals surface area contributed by atoms with Crippen LogP contribution in [0.4, 0.5) is 0 Å². The number of hydrogen-bond acceptors (Lipinski definition) is 0. The van der Waals surface area contributed by atoms with Crippen LogP contribution in [0.25, 0.3) is 0 Å². The van der Waals surface area contributed by atoms with Gasteiger partial charge < -0.3 is 0 Å². The second-order valence-corrected chi connectivity index (χ2v) is 3.63. The third-order valence-electron chi connectivity index (χ3n) is 0. The Bertz CT molecular complexity index is 26.3. The van der Waals surface area contributed by atoms with Gasteiger partial charge in [-0.2, -0.15) is 0 Å². The summed E-state index contributed by atoms with van der Waals surface area (Å²) >= 11 is 15.2. The monoisotopic (exact) mass is 220 g/mol. The first-order chi connectivity index (χ1) is 2.00. The summed E-state index contributed by atoms with van der Waals surface area (Å²) < 4.78 is -1.08. The van der Waals surface area contributed by atoms with Crippen molar-refractivity contribution in [2.24, 2.45) is 0 Å². The summed E-state index contributed by atoms with van der Waals surface area (Å²) in [5.41, 5.74) is 0. The van der Waals surface area contributed by atoms with E-state index in [-0.39, 0.29) is 26.2 Å². The summed E-state index contributed by atoms with van der Waals surface area (Å²) in [7, 11) is 1.48. The summed E-state index contributed by atoms with van der Waals surface area (Å²) in [6, 6.07) is 0. The van der Waals surface area contributed by atoms with Gasteiger partial charge in [-0.1, -0.05) is 34.8 Å². The van der Waals surface area contributed by atoms with E-state index < -0.39 is 3.69 Å². The van der Waals surface area contributed by atoms with Crippen LogP contribution in [0.2, 0.25) is 0 Å². The van der Waals surface area contributed by atoms with Crippen LogP contribution in [0.5, 0.6) is 0 Å². The number of halogens is 3. The number of rotatable bonds is 0. The fourth-order valence-electron chi connectivity index (χ4n) is 0. The predicted molar refractivity (Wildman–Crippen MR) is 28.8 cm³/mol. The Balaban J connectivity index is 0.